The molecule has 0 unspecified atom stereocenters. The average Bonchev–Trinajstić information content (AvgIpc) is 2.72. The summed E-state index contributed by atoms with van der Waals surface area (Å²) in [6.45, 7) is 6.70. The number of nitrogens with one attached hydrogen (secondary N) is 1. The summed E-state index contributed by atoms with van der Waals surface area (Å²) in [4.78, 5) is 27.5. The maximum Gasteiger partial charge on any atom is 0.227 e. The van der Waals surface area contributed by atoms with Crippen LogP contribution in [0, 0.1) is 13.8 Å². The third kappa shape index (κ3) is 3.33. The van der Waals surface area contributed by atoms with Crippen molar-refractivity contribution >= 4 is 23.1 Å². The van der Waals surface area contributed by atoms with E-state index in [1.165, 1.54) is 5.56 Å². The van der Waals surface area contributed by atoms with E-state index in [4.69, 9.17) is 4.98 Å². The zero-order valence-corrected chi connectivity index (χ0v) is 16.4. The molecule has 4 rings (SSSR count). The van der Waals surface area contributed by atoms with Gasteiger partial charge in [0.2, 0.25) is 5.91 Å². The van der Waals surface area contributed by atoms with Crippen molar-refractivity contribution < 1.29 is 4.79 Å². The Bertz CT molecular complexity index is 1030. The van der Waals surface area contributed by atoms with E-state index in [-0.39, 0.29) is 5.91 Å². The molecule has 0 aliphatic carbocycles. The minimum Gasteiger partial charge on any atom is -0.340 e. The normalized spacial score (nSPS) is 13.4. The van der Waals surface area contributed by atoms with E-state index in [1.54, 1.807) is 12.4 Å². The Morgan fingerprint density at radius 3 is 2.75 bits per heavy atom. The quantitative estimate of drug-likeness (QED) is 0.742. The second kappa shape index (κ2) is 7.38. The first-order valence-corrected chi connectivity index (χ1v) is 9.52. The van der Waals surface area contributed by atoms with Crippen LogP contribution < -0.4 is 10.2 Å². The lowest BCUT2D eigenvalue weighted by molar-refractivity contribution is -0.118. The third-order valence-electron chi connectivity index (χ3n) is 5.17. The Kier molecular flexibility index (Phi) is 4.77. The minimum atomic E-state index is 0.194. The molecule has 0 bridgehead atoms. The Morgan fingerprint density at radius 1 is 1.14 bits per heavy atom. The standard InChI is InChI=1S/C22H23N5O/c1-4-27-19-9-8-18(12-16(19)7-10-20(27)28)25-21-14(2)15(3)24-22(26-21)17-6-5-11-23-13-17/h5-6,8-9,11-13H,4,7,10H2,1-3H3,(H,24,25,26). The maximum absolute atomic E-state index is 12.1. The van der Waals surface area contributed by atoms with Gasteiger partial charge in [0.05, 0.1) is 0 Å². The zero-order valence-electron chi connectivity index (χ0n) is 16.4. The molecule has 2 aromatic heterocycles. The highest BCUT2D eigenvalue weighted by molar-refractivity contribution is 5.96. The molecule has 3 aromatic rings. The number of carbonyl (C=O) groups is 1. The van der Waals surface area contributed by atoms with E-state index in [0.717, 1.165) is 40.4 Å². The highest BCUT2D eigenvalue weighted by Crippen LogP contribution is 2.32. The molecule has 142 valence electrons. The number of aryl methyl sites for hydroxylation is 2. The van der Waals surface area contributed by atoms with E-state index in [9.17, 15) is 4.79 Å². The molecule has 0 saturated carbocycles. The molecule has 3 heterocycles. The van der Waals surface area contributed by atoms with Crippen LogP contribution in [0.15, 0.2) is 42.7 Å². The van der Waals surface area contributed by atoms with Gasteiger partial charge in [-0.1, -0.05) is 0 Å². The van der Waals surface area contributed by atoms with E-state index >= 15 is 0 Å². The molecule has 1 aliphatic heterocycles. The van der Waals surface area contributed by atoms with Crippen molar-refractivity contribution in [1.82, 2.24) is 15.0 Å². The predicted octanol–water partition coefficient (Wildman–Crippen LogP) is 4.20. The first-order valence-electron chi connectivity index (χ1n) is 9.52. The number of pyridine rings is 1. The Labute approximate surface area is 164 Å². The molecule has 1 N–H and O–H groups in total. The molecule has 0 radical (unpaired) electrons. The van der Waals surface area contributed by atoms with E-state index in [0.29, 0.717) is 18.8 Å². The van der Waals surface area contributed by atoms with Gasteiger partial charge in [-0.25, -0.2) is 9.97 Å². The van der Waals surface area contributed by atoms with Crippen LogP contribution >= 0.6 is 0 Å². The lowest BCUT2D eigenvalue weighted by atomic mass is 10.0. The lowest BCUT2D eigenvalue weighted by Gasteiger charge is -2.28. The largest absolute Gasteiger partial charge is 0.340 e. The Morgan fingerprint density at radius 2 is 2.00 bits per heavy atom. The molecule has 1 aromatic carbocycles. The number of nitrogens with zero attached hydrogens (tertiary/aromatic N) is 4. The van der Waals surface area contributed by atoms with E-state index in [2.05, 4.69) is 21.4 Å². The smallest absolute Gasteiger partial charge is 0.227 e. The predicted molar refractivity (Wildman–Crippen MR) is 111 cm³/mol. The number of aromatic nitrogens is 3. The second-order valence-electron chi connectivity index (χ2n) is 6.95. The summed E-state index contributed by atoms with van der Waals surface area (Å²) in [5.41, 5.74) is 5.98. The first kappa shape index (κ1) is 18.1. The molecule has 6 nitrogen and oxygen atoms in total. The summed E-state index contributed by atoms with van der Waals surface area (Å²) in [6, 6.07) is 9.97. The molecular weight excluding hydrogens is 350 g/mol. The summed E-state index contributed by atoms with van der Waals surface area (Å²) in [5, 5.41) is 3.44. The number of rotatable bonds is 4. The van der Waals surface area contributed by atoms with Gasteiger partial charge in [0.1, 0.15) is 5.82 Å². The fourth-order valence-electron chi connectivity index (χ4n) is 3.50. The SMILES string of the molecule is CCN1C(=O)CCc2cc(Nc3nc(-c4cccnc4)nc(C)c3C)ccc21. The van der Waals surface area contributed by atoms with Crippen LogP contribution in [0.25, 0.3) is 11.4 Å². The number of hydrogen-bond acceptors (Lipinski definition) is 5. The summed E-state index contributed by atoms with van der Waals surface area (Å²) in [7, 11) is 0. The number of fused-ring (bicyclic) bond motifs is 1. The number of anilines is 3. The number of benzene rings is 1. The van der Waals surface area contributed by atoms with Gasteiger partial charge in [-0.2, -0.15) is 0 Å². The van der Waals surface area contributed by atoms with Gasteiger partial charge in [0.15, 0.2) is 5.82 Å². The van der Waals surface area contributed by atoms with Gasteiger partial charge >= 0.3 is 0 Å². The molecule has 28 heavy (non-hydrogen) atoms. The van der Waals surface area contributed by atoms with E-state index < -0.39 is 0 Å². The van der Waals surface area contributed by atoms with Crippen molar-refractivity contribution in [2.45, 2.75) is 33.6 Å². The number of amides is 1. The van der Waals surface area contributed by atoms with Gasteiger partial charge < -0.3 is 10.2 Å². The van der Waals surface area contributed by atoms with Crippen molar-refractivity contribution in [2.75, 3.05) is 16.8 Å². The molecule has 0 atom stereocenters. The minimum absolute atomic E-state index is 0.194. The molecular formula is C22H23N5O. The van der Waals surface area contributed by atoms with Crippen LogP contribution in [-0.4, -0.2) is 27.4 Å². The van der Waals surface area contributed by atoms with Crippen molar-refractivity contribution in [1.29, 1.82) is 0 Å². The van der Waals surface area contributed by atoms with Crippen LogP contribution in [-0.2, 0) is 11.2 Å². The van der Waals surface area contributed by atoms with Crippen LogP contribution in [0.1, 0.15) is 30.2 Å². The zero-order chi connectivity index (χ0) is 19.7. The van der Waals surface area contributed by atoms with Gasteiger partial charge in [-0.15, -0.1) is 0 Å². The van der Waals surface area contributed by atoms with E-state index in [1.807, 2.05) is 49.9 Å². The van der Waals surface area contributed by atoms with Gasteiger partial charge in [0.25, 0.3) is 0 Å². The first-order chi connectivity index (χ1) is 13.6. The molecule has 0 spiro atoms. The van der Waals surface area contributed by atoms with Gasteiger partial charge in [-0.3, -0.25) is 9.78 Å². The monoisotopic (exact) mass is 373 g/mol. The summed E-state index contributed by atoms with van der Waals surface area (Å²) < 4.78 is 0. The van der Waals surface area contributed by atoms with Crippen molar-refractivity contribution in [2.24, 2.45) is 0 Å². The van der Waals surface area contributed by atoms with Crippen LogP contribution in [0.2, 0.25) is 0 Å². The lowest BCUT2D eigenvalue weighted by Crippen LogP contribution is -2.34. The third-order valence-corrected chi connectivity index (χ3v) is 5.17. The molecule has 6 heteroatoms. The highest BCUT2D eigenvalue weighted by Gasteiger charge is 2.23. The number of carbonyl (C=O) groups excluding carboxylic acids is 1. The van der Waals surface area contributed by atoms with Crippen molar-refractivity contribution in [3.05, 3.63) is 59.5 Å². The van der Waals surface area contributed by atoms with Gasteiger partial charge in [-0.05, 0) is 63.1 Å². The van der Waals surface area contributed by atoms with Crippen molar-refractivity contribution in [3.8, 4) is 11.4 Å². The van der Waals surface area contributed by atoms with Crippen LogP contribution in [0.5, 0.6) is 0 Å². The van der Waals surface area contributed by atoms with Gasteiger partial charge in [0, 0.05) is 53.6 Å². The van der Waals surface area contributed by atoms with Crippen LogP contribution in [0.4, 0.5) is 17.2 Å². The Hall–Kier alpha value is -3.28. The molecule has 1 amide bonds. The molecule has 0 saturated heterocycles. The molecule has 0 fully saturated rings. The highest BCUT2D eigenvalue weighted by atomic mass is 16.2. The maximum atomic E-state index is 12.1. The Balaban J connectivity index is 1.68. The fourth-order valence-corrected chi connectivity index (χ4v) is 3.50. The van der Waals surface area contributed by atoms with Crippen LogP contribution in [0.3, 0.4) is 0 Å². The van der Waals surface area contributed by atoms with Crippen molar-refractivity contribution in [3.63, 3.8) is 0 Å². The second-order valence-corrected chi connectivity index (χ2v) is 6.95. The summed E-state index contributed by atoms with van der Waals surface area (Å²) in [6.07, 6.45) is 4.83. The summed E-state index contributed by atoms with van der Waals surface area (Å²) in [5.74, 6) is 1.63. The fraction of sp³-hybridized carbons (Fsp3) is 0.273. The summed E-state index contributed by atoms with van der Waals surface area (Å²) >= 11 is 0. The average molecular weight is 373 g/mol. The topological polar surface area (TPSA) is 71.0 Å². The molecule has 1 aliphatic rings. The number of hydrogen-bond donors (Lipinski definition) is 1.